The van der Waals surface area contributed by atoms with E-state index in [-0.39, 0.29) is 16.5 Å². The standard InChI is InChI=1S/C21H29N5O4/c1-21(2,3)30-20(27)22-11-14-5-4-10-24(13-14)19-16-12-23-25(15-6-7-15)17(16)8-9-18(19)26(28)29/h8-9,12,14-15H,4-7,10-11,13H2,1-3H3,(H,22,27)/t14-/m0/s1. The van der Waals surface area contributed by atoms with E-state index in [1.165, 1.54) is 0 Å². The minimum absolute atomic E-state index is 0.110. The van der Waals surface area contributed by atoms with Crippen LogP contribution in [0.5, 0.6) is 0 Å². The second-order valence-electron chi connectivity index (χ2n) is 9.28. The number of fused-ring (bicyclic) bond motifs is 1. The van der Waals surface area contributed by atoms with Crippen molar-refractivity contribution in [2.75, 3.05) is 24.5 Å². The molecule has 1 saturated carbocycles. The first-order valence-corrected chi connectivity index (χ1v) is 10.6. The average Bonchev–Trinajstić information content (AvgIpc) is 3.43. The maximum absolute atomic E-state index is 12.0. The Labute approximate surface area is 175 Å². The number of nitro benzene ring substituents is 1. The third-order valence-electron chi connectivity index (χ3n) is 5.59. The summed E-state index contributed by atoms with van der Waals surface area (Å²) in [4.78, 5) is 25.5. The third-order valence-corrected chi connectivity index (χ3v) is 5.59. The number of hydrogen-bond donors (Lipinski definition) is 1. The van der Waals surface area contributed by atoms with Gasteiger partial charge in [-0.3, -0.25) is 14.8 Å². The number of alkyl carbamates (subject to hydrolysis) is 1. The minimum atomic E-state index is -0.541. The number of hydrogen-bond acceptors (Lipinski definition) is 6. The van der Waals surface area contributed by atoms with Crippen LogP contribution in [0.2, 0.25) is 0 Å². The lowest BCUT2D eigenvalue weighted by Gasteiger charge is -2.34. The Hall–Kier alpha value is -2.84. The molecule has 2 fully saturated rings. The number of nitrogens with one attached hydrogen (secondary N) is 1. The fourth-order valence-corrected chi connectivity index (χ4v) is 4.16. The Kier molecular flexibility index (Phi) is 5.29. The van der Waals surface area contributed by atoms with Crippen molar-refractivity contribution in [2.45, 2.75) is 58.1 Å². The van der Waals surface area contributed by atoms with Crippen molar-refractivity contribution in [2.24, 2.45) is 5.92 Å². The Morgan fingerprint density at radius 3 is 2.77 bits per heavy atom. The Morgan fingerprint density at radius 1 is 1.33 bits per heavy atom. The molecule has 0 spiro atoms. The van der Waals surface area contributed by atoms with Crippen LogP contribution in [0.25, 0.3) is 10.9 Å². The van der Waals surface area contributed by atoms with Crippen LogP contribution in [0, 0.1) is 16.0 Å². The quantitative estimate of drug-likeness (QED) is 0.584. The van der Waals surface area contributed by atoms with Gasteiger partial charge in [0.2, 0.25) is 0 Å². The highest BCUT2D eigenvalue weighted by atomic mass is 16.6. The van der Waals surface area contributed by atoms with Gasteiger partial charge in [-0.25, -0.2) is 4.79 Å². The Balaban J connectivity index is 1.54. The van der Waals surface area contributed by atoms with E-state index in [1.54, 1.807) is 12.3 Å². The number of carbonyl (C=O) groups excluding carboxylic acids is 1. The van der Waals surface area contributed by atoms with Gasteiger partial charge in [-0.1, -0.05) is 0 Å². The van der Waals surface area contributed by atoms with Gasteiger partial charge in [-0.15, -0.1) is 0 Å². The molecule has 4 rings (SSSR count). The molecule has 2 heterocycles. The fraction of sp³-hybridized carbons (Fsp3) is 0.619. The zero-order chi connectivity index (χ0) is 21.5. The number of anilines is 1. The zero-order valence-electron chi connectivity index (χ0n) is 17.8. The first-order valence-electron chi connectivity index (χ1n) is 10.6. The highest BCUT2D eigenvalue weighted by Crippen LogP contribution is 2.42. The lowest BCUT2D eigenvalue weighted by Crippen LogP contribution is -2.42. The summed E-state index contributed by atoms with van der Waals surface area (Å²) >= 11 is 0. The molecule has 1 saturated heterocycles. The molecule has 9 heteroatoms. The molecule has 1 aromatic heterocycles. The van der Waals surface area contributed by atoms with Crippen LogP contribution in [0.1, 0.15) is 52.5 Å². The van der Waals surface area contributed by atoms with Crippen LogP contribution in [0.4, 0.5) is 16.2 Å². The topological polar surface area (TPSA) is 103 Å². The number of nitrogens with zero attached hydrogens (tertiary/aromatic N) is 4. The highest BCUT2D eigenvalue weighted by molar-refractivity contribution is 5.97. The maximum Gasteiger partial charge on any atom is 0.407 e. The average molecular weight is 415 g/mol. The number of piperidine rings is 1. The molecule has 2 aliphatic rings. The normalized spacial score (nSPS) is 19.7. The van der Waals surface area contributed by atoms with Gasteiger partial charge in [0.05, 0.1) is 28.1 Å². The molecule has 1 aliphatic carbocycles. The molecule has 0 unspecified atom stereocenters. The van der Waals surface area contributed by atoms with Gasteiger partial charge in [-0.05, 0) is 58.4 Å². The molecule has 2 aromatic rings. The van der Waals surface area contributed by atoms with Crippen molar-refractivity contribution in [3.8, 4) is 0 Å². The van der Waals surface area contributed by atoms with Gasteiger partial charge in [0.15, 0.2) is 0 Å². The molecular weight excluding hydrogens is 386 g/mol. The molecule has 1 N–H and O–H groups in total. The summed E-state index contributed by atoms with van der Waals surface area (Å²) in [5, 5.41) is 20.0. The van der Waals surface area contributed by atoms with Crippen LogP contribution in [0.15, 0.2) is 18.3 Å². The summed E-state index contributed by atoms with van der Waals surface area (Å²) in [6, 6.07) is 3.82. The SMILES string of the molecule is CC(C)(C)OC(=O)NC[C@@H]1CCCN(c2c([N+](=O)[O-])ccc3c2cnn3C2CC2)C1. The Bertz CT molecular complexity index is 960. The summed E-state index contributed by atoms with van der Waals surface area (Å²) in [6.45, 7) is 7.36. The lowest BCUT2D eigenvalue weighted by molar-refractivity contribution is -0.384. The maximum atomic E-state index is 12.0. The first-order chi connectivity index (χ1) is 14.2. The van der Waals surface area contributed by atoms with E-state index >= 15 is 0 Å². The molecule has 1 atom stereocenters. The number of aromatic nitrogens is 2. The van der Waals surface area contributed by atoms with Gasteiger partial charge in [0.25, 0.3) is 5.69 Å². The van der Waals surface area contributed by atoms with Gasteiger partial charge < -0.3 is 15.0 Å². The molecular formula is C21H29N5O4. The van der Waals surface area contributed by atoms with Crippen LogP contribution < -0.4 is 10.2 Å². The molecule has 0 radical (unpaired) electrons. The molecule has 9 nitrogen and oxygen atoms in total. The highest BCUT2D eigenvalue weighted by Gasteiger charge is 2.31. The van der Waals surface area contributed by atoms with Gasteiger partial charge in [0.1, 0.15) is 11.3 Å². The van der Waals surface area contributed by atoms with E-state index in [9.17, 15) is 14.9 Å². The monoisotopic (exact) mass is 415 g/mol. The van der Waals surface area contributed by atoms with Crippen LogP contribution in [-0.4, -0.2) is 46.0 Å². The number of benzene rings is 1. The summed E-state index contributed by atoms with van der Waals surface area (Å²) in [5.41, 5.74) is 1.16. The van der Waals surface area contributed by atoms with Crippen LogP contribution >= 0.6 is 0 Å². The predicted octanol–water partition coefficient (Wildman–Crippen LogP) is 4.02. The van der Waals surface area contributed by atoms with E-state index in [0.29, 0.717) is 24.8 Å². The van der Waals surface area contributed by atoms with E-state index in [1.807, 2.05) is 31.5 Å². The summed E-state index contributed by atoms with van der Waals surface area (Å²) in [6.07, 6.45) is 5.40. The van der Waals surface area contributed by atoms with Crippen molar-refractivity contribution in [3.63, 3.8) is 0 Å². The smallest absolute Gasteiger partial charge is 0.407 e. The summed E-state index contributed by atoms with van der Waals surface area (Å²) in [7, 11) is 0. The van der Waals surface area contributed by atoms with Crippen molar-refractivity contribution >= 4 is 28.4 Å². The number of carbonyl (C=O) groups is 1. The summed E-state index contributed by atoms with van der Waals surface area (Å²) in [5.74, 6) is 0.194. The second kappa shape index (κ2) is 7.77. The van der Waals surface area contributed by atoms with Crippen molar-refractivity contribution in [1.82, 2.24) is 15.1 Å². The number of rotatable bonds is 5. The van der Waals surface area contributed by atoms with Crippen molar-refractivity contribution in [1.29, 1.82) is 0 Å². The first kappa shape index (κ1) is 20.4. The minimum Gasteiger partial charge on any atom is -0.444 e. The number of ether oxygens (including phenoxy) is 1. The summed E-state index contributed by atoms with van der Waals surface area (Å²) < 4.78 is 7.31. The van der Waals surface area contributed by atoms with Gasteiger partial charge >= 0.3 is 6.09 Å². The molecule has 1 aromatic carbocycles. The second-order valence-corrected chi connectivity index (χ2v) is 9.28. The van der Waals surface area contributed by atoms with Crippen LogP contribution in [-0.2, 0) is 4.74 Å². The number of amides is 1. The molecule has 1 amide bonds. The van der Waals surface area contributed by atoms with Gasteiger partial charge in [-0.2, -0.15) is 5.10 Å². The molecule has 1 aliphatic heterocycles. The molecule has 30 heavy (non-hydrogen) atoms. The van der Waals surface area contributed by atoms with E-state index in [0.717, 1.165) is 43.1 Å². The molecule has 0 bridgehead atoms. The van der Waals surface area contributed by atoms with Crippen molar-refractivity contribution in [3.05, 3.63) is 28.4 Å². The zero-order valence-corrected chi connectivity index (χ0v) is 17.8. The Morgan fingerprint density at radius 2 is 2.10 bits per heavy atom. The van der Waals surface area contributed by atoms with Gasteiger partial charge in [0, 0.05) is 25.7 Å². The number of nitro groups is 1. The third kappa shape index (κ3) is 4.34. The molecule has 162 valence electrons. The van der Waals surface area contributed by atoms with Crippen molar-refractivity contribution < 1.29 is 14.5 Å². The predicted molar refractivity (Wildman–Crippen MR) is 114 cm³/mol. The lowest BCUT2D eigenvalue weighted by atomic mass is 9.96. The van der Waals surface area contributed by atoms with E-state index < -0.39 is 11.7 Å². The largest absolute Gasteiger partial charge is 0.444 e. The van der Waals surface area contributed by atoms with E-state index in [2.05, 4.69) is 15.3 Å². The van der Waals surface area contributed by atoms with E-state index in [4.69, 9.17) is 4.74 Å². The van der Waals surface area contributed by atoms with Crippen LogP contribution in [0.3, 0.4) is 0 Å². The fourth-order valence-electron chi connectivity index (χ4n) is 4.16.